The van der Waals surface area contributed by atoms with Crippen LogP contribution in [0.1, 0.15) is 181 Å². The molecule has 1 fully saturated rings. The summed E-state index contributed by atoms with van der Waals surface area (Å²) < 4.78 is 22.1. The van der Waals surface area contributed by atoms with Crippen LogP contribution in [0.25, 0.3) is 0 Å². The van der Waals surface area contributed by atoms with Gasteiger partial charge in [0.25, 0.3) is 0 Å². The molecule has 1 rings (SSSR count). The van der Waals surface area contributed by atoms with Crippen molar-refractivity contribution in [1.82, 2.24) is 0 Å². The van der Waals surface area contributed by atoms with Gasteiger partial charge in [-0.3, -0.25) is 9.59 Å². The number of carbonyl (C=O) groups is 2. The number of unbranched alkanes of at least 4 members (excludes halogenated alkanes) is 18. The van der Waals surface area contributed by atoms with Crippen molar-refractivity contribution in [2.24, 2.45) is 0 Å². The molecule has 0 aromatic rings. The van der Waals surface area contributed by atoms with Gasteiger partial charge in [-0.2, -0.15) is 0 Å². The zero-order valence-electron chi connectivity index (χ0n) is 35.8. The summed E-state index contributed by atoms with van der Waals surface area (Å²) >= 11 is 0. The molecule has 6 atom stereocenters. The van der Waals surface area contributed by atoms with Gasteiger partial charge < -0.3 is 39.4 Å². The molecule has 1 aliphatic rings. The minimum Gasteiger partial charge on any atom is -0.462 e. The smallest absolute Gasteiger partial charge is 0.306 e. The lowest BCUT2D eigenvalue weighted by Gasteiger charge is -2.39. The fourth-order valence-electron chi connectivity index (χ4n) is 6.55. The molecular weight excluding hydrogens is 725 g/mol. The molecule has 0 saturated carbocycles. The highest BCUT2D eigenvalue weighted by atomic mass is 16.7. The molecule has 1 saturated heterocycles. The van der Waals surface area contributed by atoms with Gasteiger partial charge in [-0.15, -0.1) is 0 Å². The van der Waals surface area contributed by atoms with Crippen molar-refractivity contribution in [2.75, 3.05) is 19.8 Å². The Bertz CT molecular complexity index is 1070. The number of hydrogen-bond acceptors (Lipinski definition) is 10. The average Bonchev–Trinajstić information content (AvgIpc) is 3.21. The maximum absolute atomic E-state index is 12.7. The normalized spacial score (nSPS) is 20.7. The summed E-state index contributed by atoms with van der Waals surface area (Å²) in [5, 5.41) is 40.0. The molecular formula is C47H82O10. The van der Waals surface area contributed by atoms with E-state index in [0.717, 1.165) is 44.9 Å². The molecule has 0 bridgehead atoms. The molecule has 0 amide bonds. The van der Waals surface area contributed by atoms with Crippen molar-refractivity contribution in [1.29, 1.82) is 0 Å². The third kappa shape index (κ3) is 29.5. The van der Waals surface area contributed by atoms with Gasteiger partial charge in [0.1, 0.15) is 31.0 Å². The van der Waals surface area contributed by atoms with Crippen LogP contribution in [0.2, 0.25) is 0 Å². The first-order chi connectivity index (χ1) is 27.8. The second-order valence-corrected chi connectivity index (χ2v) is 15.5. The first-order valence-electron chi connectivity index (χ1n) is 22.7. The van der Waals surface area contributed by atoms with Crippen LogP contribution >= 0.6 is 0 Å². The van der Waals surface area contributed by atoms with Crippen molar-refractivity contribution in [2.45, 2.75) is 218 Å². The Balaban J connectivity index is 2.38. The lowest BCUT2D eigenvalue weighted by atomic mass is 9.99. The van der Waals surface area contributed by atoms with Gasteiger partial charge in [-0.25, -0.2) is 0 Å². The average molecular weight is 807 g/mol. The Morgan fingerprint density at radius 1 is 0.544 bits per heavy atom. The molecule has 57 heavy (non-hydrogen) atoms. The van der Waals surface area contributed by atoms with E-state index in [1.54, 1.807) is 0 Å². The summed E-state index contributed by atoms with van der Waals surface area (Å²) in [7, 11) is 0. The van der Waals surface area contributed by atoms with E-state index in [0.29, 0.717) is 12.8 Å². The molecule has 0 aliphatic carbocycles. The second kappa shape index (κ2) is 37.9. The summed E-state index contributed by atoms with van der Waals surface area (Å²) in [6.45, 7) is 3.34. The van der Waals surface area contributed by atoms with Gasteiger partial charge in [0, 0.05) is 12.8 Å². The molecule has 0 radical (unpaired) electrons. The fraction of sp³-hybridized carbons (Fsp3) is 0.787. The van der Waals surface area contributed by atoms with Crippen LogP contribution in [-0.2, 0) is 28.5 Å². The topological polar surface area (TPSA) is 152 Å². The number of ether oxygens (including phenoxy) is 4. The van der Waals surface area contributed by atoms with Crippen LogP contribution in [0.3, 0.4) is 0 Å². The van der Waals surface area contributed by atoms with E-state index >= 15 is 0 Å². The molecule has 4 N–H and O–H groups in total. The van der Waals surface area contributed by atoms with Gasteiger partial charge in [-0.1, -0.05) is 146 Å². The summed E-state index contributed by atoms with van der Waals surface area (Å²) in [5.74, 6) is -0.894. The Hall–Kier alpha value is -2.34. The molecule has 0 spiro atoms. The molecule has 0 aromatic carbocycles. The van der Waals surface area contributed by atoms with E-state index in [1.807, 2.05) is 0 Å². The minimum atomic E-state index is -1.61. The van der Waals surface area contributed by atoms with Crippen LogP contribution in [0.15, 0.2) is 48.6 Å². The van der Waals surface area contributed by atoms with Crippen molar-refractivity contribution < 1.29 is 49.0 Å². The SMILES string of the molecule is CCCCCCCC/C=C/C/C=C/C/C=C/CCCC(=O)OC[C@@H](CO[C@H]1O[C@@H](CO)[C@@H](O)C(O)C1O)OC(=O)CCCC/C=C/CCCCCCCCCCC. The number of hydrogen-bond donors (Lipinski definition) is 4. The van der Waals surface area contributed by atoms with Crippen molar-refractivity contribution >= 4 is 11.9 Å². The summed E-state index contributed by atoms with van der Waals surface area (Å²) in [4.78, 5) is 25.3. The van der Waals surface area contributed by atoms with Gasteiger partial charge in [-0.05, 0) is 70.6 Å². The minimum absolute atomic E-state index is 0.189. The quantitative estimate of drug-likeness (QED) is 0.0271. The van der Waals surface area contributed by atoms with Crippen LogP contribution in [0, 0.1) is 0 Å². The molecule has 1 aliphatic heterocycles. The number of aliphatic hydroxyl groups is 4. The molecule has 10 heteroatoms. The molecule has 330 valence electrons. The maximum Gasteiger partial charge on any atom is 0.306 e. The number of esters is 2. The van der Waals surface area contributed by atoms with E-state index in [1.165, 1.54) is 96.3 Å². The number of carbonyl (C=O) groups excluding carboxylic acids is 2. The first kappa shape index (κ1) is 52.7. The van der Waals surface area contributed by atoms with Crippen molar-refractivity contribution in [3.8, 4) is 0 Å². The van der Waals surface area contributed by atoms with E-state index in [4.69, 9.17) is 18.9 Å². The summed E-state index contributed by atoms with van der Waals surface area (Å²) in [5.41, 5.74) is 0. The third-order valence-electron chi connectivity index (χ3n) is 10.2. The largest absolute Gasteiger partial charge is 0.462 e. The van der Waals surface area contributed by atoms with Crippen LogP contribution in [0.5, 0.6) is 0 Å². The number of aliphatic hydroxyl groups excluding tert-OH is 4. The van der Waals surface area contributed by atoms with E-state index < -0.39 is 55.4 Å². The Morgan fingerprint density at radius 2 is 1.00 bits per heavy atom. The second-order valence-electron chi connectivity index (χ2n) is 15.5. The highest BCUT2D eigenvalue weighted by Gasteiger charge is 2.44. The van der Waals surface area contributed by atoms with Gasteiger partial charge in [0.05, 0.1) is 13.2 Å². The van der Waals surface area contributed by atoms with Crippen LogP contribution in [0.4, 0.5) is 0 Å². The Labute approximate surface area is 346 Å². The van der Waals surface area contributed by atoms with E-state index in [-0.39, 0.29) is 26.1 Å². The third-order valence-corrected chi connectivity index (χ3v) is 10.2. The summed E-state index contributed by atoms with van der Waals surface area (Å²) in [6.07, 6.45) is 37.0. The maximum atomic E-state index is 12.7. The van der Waals surface area contributed by atoms with Gasteiger partial charge in [0.2, 0.25) is 0 Å². The van der Waals surface area contributed by atoms with Crippen molar-refractivity contribution in [3.05, 3.63) is 48.6 Å². The van der Waals surface area contributed by atoms with E-state index in [2.05, 4.69) is 62.5 Å². The molecule has 10 nitrogen and oxygen atoms in total. The highest BCUT2D eigenvalue weighted by Crippen LogP contribution is 2.22. The Morgan fingerprint density at radius 3 is 1.54 bits per heavy atom. The monoisotopic (exact) mass is 807 g/mol. The van der Waals surface area contributed by atoms with Crippen LogP contribution in [-0.4, -0.2) is 89.0 Å². The zero-order chi connectivity index (χ0) is 41.6. The highest BCUT2D eigenvalue weighted by molar-refractivity contribution is 5.70. The van der Waals surface area contributed by atoms with Gasteiger partial charge in [0.15, 0.2) is 12.4 Å². The van der Waals surface area contributed by atoms with Crippen LogP contribution < -0.4 is 0 Å². The lowest BCUT2D eigenvalue weighted by molar-refractivity contribution is -0.305. The first-order valence-corrected chi connectivity index (χ1v) is 22.7. The van der Waals surface area contributed by atoms with Crippen molar-refractivity contribution in [3.63, 3.8) is 0 Å². The summed E-state index contributed by atoms with van der Waals surface area (Å²) in [6, 6.07) is 0. The van der Waals surface area contributed by atoms with E-state index in [9.17, 15) is 30.0 Å². The number of allylic oxidation sites excluding steroid dienone is 8. The molecule has 0 aromatic heterocycles. The molecule has 1 heterocycles. The number of rotatable bonds is 37. The predicted molar refractivity (Wildman–Crippen MR) is 229 cm³/mol. The molecule has 2 unspecified atom stereocenters. The Kier molecular flexibility index (Phi) is 35.0. The van der Waals surface area contributed by atoms with Gasteiger partial charge >= 0.3 is 11.9 Å². The zero-order valence-corrected chi connectivity index (χ0v) is 35.8. The fourth-order valence-corrected chi connectivity index (χ4v) is 6.55. The predicted octanol–water partition coefficient (Wildman–Crippen LogP) is 9.67. The standard InChI is InChI=1S/C47H82O10/c1-3-5-7-9-11-13-15-17-19-20-22-23-25-27-29-31-33-35-42(49)54-38-40(39-55-47-46(53)45(52)44(51)41(37-48)57-47)56-43(50)36-34-32-30-28-26-24-21-18-16-14-12-10-8-6-4-2/h17,19,22-23,26-29,40-41,44-48,51-53H,3-16,18,20-21,24-25,30-39H2,1-2H3/b19-17+,23-22+,28-26+,29-27+/t40-,41-,44+,45?,46?,47-/m0/s1. The lowest BCUT2D eigenvalue weighted by Crippen LogP contribution is -2.59.